The van der Waals surface area contributed by atoms with Gasteiger partial charge in [-0.1, -0.05) is 154 Å². The third-order valence-corrected chi connectivity index (χ3v) is 12.7. The fraction of sp³-hybridized carbons (Fsp3) is 0.392. The van der Waals surface area contributed by atoms with E-state index in [0.29, 0.717) is 17.9 Å². The van der Waals surface area contributed by atoms with Crippen LogP contribution in [0.15, 0.2) is 150 Å². The summed E-state index contributed by atoms with van der Waals surface area (Å²) in [6.45, 7) is 12.2. The second-order valence-electron chi connectivity index (χ2n) is 16.1. The van der Waals surface area contributed by atoms with Crippen molar-refractivity contribution in [1.29, 1.82) is 0 Å². The van der Waals surface area contributed by atoms with E-state index in [4.69, 9.17) is 11.6 Å². The van der Waals surface area contributed by atoms with E-state index in [2.05, 4.69) is 129 Å². The third kappa shape index (κ3) is 8.76. The van der Waals surface area contributed by atoms with Crippen molar-refractivity contribution in [3.63, 3.8) is 0 Å². The van der Waals surface area contributed by atoms with E-state index in [1.165, 1.54) is 73.6 Å². The summed E-state index contributed by atoms with van der Waals surface area (Å²) in [7, 11) is 2.33. The van der Waals surface area contributed by atoms with Gasteiger partial charge in [0.05, 0.1) is 11.7 Å². The highest BCUT2D eigenvalue weighted by Gasteiger charge is 2.32. The fourth-order valence-electron chi connectivity index (χ4n) is 9.55. The maximum atomic E-state index is 5.37. The molecule has 3 aromatic rings. The van der Waals surface area contributed by atoms with Crippen LogP contribution in [0.4, 0.5) is 0 Å². The van der Waals surface area contributed by atoms with Crippen molar-refractivity contribution < 1.29 is 0 Å². The summed E-state index contributed by atoms with van der Waals surface area (Å²) in [5.41, 5.74) is 12.9. The van der Waals surface area contributed by atoms with Crippen molar-refractivity contribution in [1.82, 2.24) is 4.90 Å². The molecule has 1 heterocycles. The second-order valence-corrected chi connectivity index (χ2v) is 16.1. The Bertz CT molecular complexity index is 1880. The van der Waals surface area contributed by atoms with Crippen molar-refractivity contribution in [2.45, 2.75) is 95.9 Å². The molecule has 1 saturated carbocycles. The molecule has 274 valence electrons. The molecule has 3 aromatic carbocycles. The summed E-state index contributed by atoms with van der Waals surface area (Å²) in [6, 6.07) is 29.4. The minimum Gasteiger partial charge on any atom is -0.295 e. The highest BCUT2D eigenvalue weighted by atomic mass is 15.1. The van der Waals surface area contributed by atoms with Crippen molar-refractivity contribution >= 4 is 11.4 Å². The molecule has 0 saturated heterocycles. The molecule has 0 N–H and O–H groups in total. The molecule has 53 heavy (non-hydrogen) atoms. The fourth-order valence-corrected chi connectivity index (χ4v) is 9.55. The molecular formula is C51H60N2. The van der Waals surface area contributed by atoms with Crippen LogP contribution >= 0.6 is 0 Å². The zero-order chi connectivity index (χ0) is 36.6. The van der Waals surface area contributed by atoms with Crippen molar-refractivity contribution in [2.75, 3.05) is 13.6 Å². The summed E-state index contributed by atoms with van der Waals surface area (Å²) in [5, 5.41) is 0. The maximum Gasteiger partial charge on any atom is 0.0705 e. The quantitative estimate of drug-likeness (QED) is 0.110. The summed E-state index contributed by atoms with van der Waals surface area (Å²) in [6.07, 6.45) is 29.0. The molecule has 0 bridgehead atoms. The first-order valence-corrected chi connectivity index (χ1v) is 20.6. The standard InChI is InChI=1S/C51H60N2/c1-5-17-49(43-20-11-7-12-21-43)52-50(44-22-13-8-14-23-44)38(3)37(2)46-24-15-25-47(36-46)41-29-33-45(34-30-41)51-48(26-16-35-53(51)4)42-31-27-40(28-32-42)39-18-9-6-10-19-39/h5,7-8,11-13,15,17,20-21,24-27,29-30,33-34,36-37,39,42,44,51H,1,3,6,9-10,14,16,18-19,22-23,28,31-32,35H2,2,4H3/b49-17+,52-50+. The molecular weight excluding hydrogens is 641 g/mol. The lowest BCUT2D eigenvalue weighted by molar-refractivity contribution is 0.244. The molecule has 4 unspecified atom stereocenters. The molecule has 0 aromatic heterocycles. The van der Waals surface area contributed by atoms with Crippen molar-refractivity contribution in [2.24, 2.45) is 22.7 Å². The number of aliphatic imine (C=N–C) groups is 1. The van der Waals surface area contributed by atoms with Crippen molar-refractivity contribution in [3.05, 3.63) is 162 Å². The molecule has 7 rings (SSSR count). The summed E-state index contributed by atoms with van der Waals surface area (Å²) in [5.74, 6) is 2.01. The van der Waals surface area contributed by atoms with E-state index in [1.807, 2.05) is 12.2 Å². The van der Waals surface area contributed by atoms with Crippen LogP contribution in [0.1, 0.15) is 113 Å². The molecule has 1 fully saturated rings. The van der Waals surface area contributed by atoms with Gasteiger partial charge in [0, 0.05) is 29.7 Å². The largest absolute Gasteiger partial charge is 0.295 e. The highest BCUT2D eigenvalue weighted by Crippen LogP contribution is 2.44. The summed E-state index contributed by atoms with van der Waals surface area (Å²) < 4.78 is 0. The number of hydrogen-bond donors (Lipinski definition) is 0. The van der Waals surface area contributed by atoms with Crippen LogP contribution in [0.25, 0.3) is 16.8 Å². The first-order valence-electron chi connectivity index (χ1n) is 20.6. The predicted octanol–water partition coefficient (Wildman–Crippen LogP) is 13.6. The number of rotatable bonds is 11. The maximum absolute atomic E-state index is 5.37. The first-order chi connectivity index (χ1) is 26.0. The molecule has 0 spiro atoms. The Morgan fingerprint density at radius 3 is 2.34 bits per heavy atom. The average Bonchev–Trinajstić information content (AvgIpc) is 3.23. The lowest BCUT2D eigenvalue weighted by atomic mass is 9.73. The van der Waals surface area contributed by atoms with Gasteiger partial charge in [0.2, 0.25) is 0 Å². The number of allylic oxidation sites excluding steroid dienone is 7. The van der Waals surface area contributed by atoms with Gasteiger partial charge in [-0.15, -0.1) is 0 Å². The zero-order valence-electron chi connectivity index (χ0n) is 32.4. The van der Waals surface area contributed by atoms with Crippen LogP contribution in [0.3, 0.4) is 0 Å². The first kappa shape index (κ1) is 37.1. The average molecular weight is 701 g/mol. The van der Waals surface area contributed by atoms with E-state index < -0.39 is 0 Å². The molecule has 2 heteroatoms. The van der Waals surface area contributed by atoms with Gasteiger partial charge < -0.3 is 0 Å². The highest BCUT2D eigenvalue weighted by molar-refractivity contribution is 6.05. The van der Waals surface area contributed by atoms with Gasteiger partial charge in [0.15, 0.2) is 0 Å². The van der Waals surface area contributed by atoms with Gasteiger partial charge in [-0.2, -0.15) is 0 Å². The third-order valence-electron chi connectivity index (χ3n) is 12.7. The van der Waals surface area contributed by atoms with Gasteiger partial charge >= 0.3 is 0 Å². The Kier molecular flexibility index (Phi) is 12.4. The van der Waals surface area contributed by atoms with E-state index >= 15 is 0 Å². The molecule has 0 radical (unpaired) electrons. The number of likely N-dealkylation sites (N-methyl/N-ethyl adjacent to an activating group) is 1. The van der Waals surface area contributed by atoms with Crippen LogP contribution < -0.4 is 0 Å². The minimum atomic E-state index is 0.131. The monoisotopic (exact) mass is 700 g/mol. The number of nitrogens with zero attached hydrogens (tertiary/aromatic N) is 2. The normalized spacial score (nSPS) is 23.9. The Labute approximate surface area is 320 Å². The molecule has 2 nitrogen and oxygen atoms in total. The van der Waals surface area contributed by atoms with Gasteiger partial charge in [0.1, 0.15) is 0 Å². The van der Waals surface area contributed by atoms with Crippen molar-refractivity contribution in [3.8, 4) is 11.1 Å². The van der Waals surface area contributed by atoms with Gasteiger partial charge in [-0.3, -0.25) is 9.89 Å². The van der Waals surface area contributed by atoms with Crippen LogP contribution in [-0.2, 0) is 0 Å². The smallest absolute Gasteiger partial charge is 0.0705 e. The molecule has 4 atom stereocenters. The van der Waals surface area contributed by atoms with Crippen LogP contribution in [0.2, 0.25) is 0 Å². The Balaban J connectivity index is 1.10. The Hall–Kier alpha value is -4.27. The predicted molar refractivity (Wildman–Crippen MR) is 228 cm³/mol. The van der Waals surface area contributed by atoms with Gasteiger partial charge in [-0.05, 0) is 116 Å². The lowest BCUT2D eigenvalue weighted by Gasteiger charge is -2.39. The topological polar surface area (TPSA) is 15.6 Å². The molecule has 3 aliphatic carbocycles. The van der Waals surface area contributed by atoms with Gasteiger partial charge in [-0.25, -0.2) is 0 Å². The van der Waals surface area contributed by atoms with E-state index in [1.54, 1.807) is 11.1 Å². The molecule has 1 aliphatic heterocycles. The van der Waals surface area contributed by atoms with Gasteiger partial charge in [0.25, 0.3) is 0 Å². The van der Waals surface area contributed by atoms with E-state index in [9.17, 15) is 0 Å². The number of benzene rings is 3. The Morgan fingerprint density at radius 2 is 1.62 bits per heavy atom. The molecule has 4 aliphatic rings. The van der Waals surface area contributed by atoms with Crippen LogP contribution in [-0.4, -0.2) is 24.2 Å². The lowest BCUT2D eigenvalue weighted by Crippen LogP contribution is -2.33. The van der Waals surface area contributed by atoms with E-state index in [-0.39, 0.29) is 5.92 Å². The summed E-state index contributed by atoms with van der Waals surface area (Å²) in [4.78, 5) is 7.96. The molecule has 0 amide bonds. The summed E-state index contributed by atoms with van der Waals surface area (Å²) >= 11 is 0. The minimum absolute atomic E-state index is 0.131. The Morgan fingerprint density at radius 1 is 0.811 bits per heavy atom. The SMILES string of the molecule is C=C/C=C(/N=C(\C(=C)C(C)c1cccc(-c2ccc(C3C(C4CC=C(C5CCCCC5)CC4)=CCCN3C)cc2)c1)C1CC=CCC1)c1ccccc1. The zero-order valence-corrected chi connectivity index (χ0v) is 32.4. The van der Waals surface area contributed by atoms with Crippen LogP contribution in [0.5, 0.6) is 0 Å². The van der Waals surface area contributed by atoms with Crippen LogP contribution in [0, 0.1) is 17.8 Å². The van der Waals surface area contributed by atoms with E-state index in [0.717, 1.165) is 60.7 Å². The number of hydrogen-bond acceptors (Lipinski definition) is 2. The second kappa shape index (κ2) is 17.7.